The third kappa shape index (κ3) is 4.52. The summed E-state index contributed by atoms with van der Waals surface area (Å²) in [5.41, 5.74) is 0. The lowest BCUT2D eigenvalue weighted by atomic mass is 10.0. The predicted octanol–water partition coefficient (Wildman–Crippen LogP) is 1.82. The minimum atomic E-state index is -3.06. The first kappa shape index (κ1) is 15.9. The summed E-state index contributed by atoms with van der Waals surface area (Å²) < 4.78 is 26.3. The Morgan fingerprint density at radius 1 is 1.28 bits per heavy atom. The smallest absolute Gasteiger partial charge is 0.214 e. The lowest BCUT2D eigenvalue weighted by Gasteiger charge is -2.27. The van der Waals surface area contributed by atoms with E-state index in [0.717, 1.165) is 19.4 Å². The van der Waals surface area contributed by atoms with Crippen molar-refractivity contribution < 1.29 is 8.42 Å². The summed E-state index contributed by atoms with van der Waals surface area (Å²) in [6.45, 7) is 9.85. The largest absolute Gasteiger partial charge is 0.314 e. The van der Waals surface area contributed by atoms with E-state index in [1.165, 1.54) is 0 Å². The van der Waals surface area contributed by atoms with Gasteiger partial charge in [0.05, 0.1) is 5.75 Å². The van der Waals surface area contributed by atoms with Gasteiger partial charge in [0.15, 0.2) is 0 Å². The number of sulfonamides is 1. The van der Waals surface area contributed by atoms with Gasteiger partial charge in [-0.1, -0.05) is 27.7 Å². The first-order chi connectivity index (χ1) is 8.34. The van der Waals surface area contributed by atoms with Crippen LogP contribution < -0.4 is 5.32 Å². The molecule has 1 aliphatic rings. The second-order valence-electron chi connectivity index (χ2n) is 5.84. The molecule has 1 aliphatic heterocycles. The van der Waals surface area contributed by atoms with Crippen LogP contribution in [0.5, 0.6) is 0 Å². The highest BCUT2D eigenvalue weighted by atomic mass is 32.2. The summed E-state index contributed by atoms with van der Waals surface area (Å²) >= 11 is 0. The number of hydrogen-bond donors (Lipinski definition) is 1. The summed E-state index contributed by atoms with van der Waals surface area (Å²) in [5, 5.41) is 3.26. The Balaban J connectivity index is 2.47. The second kappa shape index (κ2) is 6.87. The monoisotopic (exact) mass is 276 g/mol. The van der Waals surface area contributed by atoms with E-state index in [-0.39, 0.29) is 11.8 Å². The van der Waals surface area contributed by atoms with Crippen molar-refractivity contribution in [2.75, 3.05) is 18.8 Å². The summed E-state index contributed by atoms with van der Waals surface area (Å²) in [6, 6.07) is 0.635. The Morgan fingerprint density at radius 3 is 2.50 bits per heavy atom. The Hall–Kier alpha value is -0.130. The molecule has 1 N–H and O–H groups in total. The van der Waals surface area contributed by atoms with Gasteiger partial charge in [0.1, 0.15) is 0 Å². The van der Waals surface area contributed by atoms with Crippen molar-refractivity contribution in [3.05, 3.63) is 0 Å². The van der Waals surface area contributed by atoms with Gasteiger partial charge in [0.25, 0.3) is 0 Å². The zero-order chi connectivity index (χ0) is 13.8. The molecule has 1 saturated heterocycles. The fourth-order valence-electron chi connectivity index (χ4n) is 2.54. The molecule has 1 unspecified atom stereocenters. The molecule has 0 aliphatic carbocycles. The van der Waals surface area contributed by atoms with Crippen LogP contribution in [0.25, 0.3) is 0 Å². The van der Waals surface area contributed by atoms with Gasteiger partial charge in [-0.05, 0) is 31.7 Å². The third-order valence-corrected chi connectivity index (χ3v) is 5.48. The summed E-state index contributed by atoms with van der Waals surface area (Å²) in [7, 11) is -3.06. The van der Waals surface area contributed by atoms with Gasteiger partial charge < -0.3 is 5.32 Å². The van der Waals surface area contributed by atoms with Gasteiger partial charge in [-0.2, -0.15) is 4.31 Å². The van der Waals surface area contributed by atoms with Crippen LogP contribution in [-0.4, -0.2) is 43.6 Å². The molecule has 18 heavy (non-hydrogen) atoms. The standard InChI is InChI=1S/C13H28N2O2S/c1-11(2)13-7-5-9-15(13)18(16,17)10-6-8-14-12(3)4/h11-14H,5-10H2,1-4H3. The van der Waals surface area contributed by atoms with Gasteiger partial charge in [0.2, 0.25) is 10.0 Å². The lowest BCUT2D eigenvalue weighted by molar-refractivity contribution is 0.315. The number of nitrogens with one attached hydrogen (secondary N) is 1. The Bertz CT molecular complexity index is 339. The third-order valence-electron chi connectivity index (χ3n) is 3.51. The first-order valence-electron chi connectivity index (χ1n) is 7.07. The zero-order valence-electron chi connectivity index (χ0n) is 12.1. The van der Waals surface area contributed by atoms with Crippen LogP contribution in [0.15, 0.2) is 0 Å². The summed E-state index contributed by atoms with van der Waals surface area (Å²) in [4.78, 5) is 0. The van der Waals surface area contributed by atoms with E-state index in [4.69, 9.17) is 0 Å². The van der Waals surface area contributed by atoms with Crippen molar-refractivity contribution in [1.82, 2.24) is 9.62 Å². The molecule has 4 nitrogen and oxygen atoms in total. The van der Waals surface area contributed by atoms with E-state index in [9.17, 15) is 8.42 Å². The molecule has 0 saturated carbocycles. The van der Waals surface area contributed by atoms with Crippen molar-refractivity contribution in [2.45, 2.75) is 59.0 Å². The second-order valence-corrected chi connectivity index (χ2v) is 7.88. The highest BCUT2D eigenvalue weighted by Crippen LogP contribution is 2.26. The molecular weight excluding hydrogens is 248 g/mol. The summed E-state index contributed by atoms with van der Waals surface area (Å²) in [5.74, 6) is 0.687. The molecule has 1 rings (SSSR count). The van der Waals surface area contributed by atoms with Crippen LogP contribution >= 0.6 is 0 Å². The molecule has 0 spiro atoms. The molecular formula is C13H28N2O2S. The average Bonchev–Trinajstić information content (AvgIpc) is 2.73. The van der Waals surface area contributed by atoms with Gasteiger partial charge in [-0.3, -0.25) is 0 Å². The van der Waals surface area contributed by atoms with Gasteiger partial charge >= 0.3 is 0 Å². The number of nitrogens with zero attached hydrogens (tertiary/aromatic N) is 1. The maximum Gasteiger partial charge on any atom is 0.214 e. The zero-order valence-corrected chi connectivity index (χ0v) is 13.0. The van der Waals surface area contributed by atoms with Crippen LogP contribution in [0.2, 0.25) is 0 Å². The van der Waals surface area contributed by atoms with Crippen LogP contribution in [0.3, 0.4) is 0 Å². The maximum atomic E-state index is 12.3. The summed E-state index contributed by atoms with van der Waals surface area (Å²) in [6.07, 6.45) is 2.72. The fraction of sp³-hybridized carbons (Fsp3) is 1.00. The molecule has 5 heteroatoms. The van der Waals surface area contributed by atoms with Crippen LogP contribution in [0, 0.1) is 5.92 Å². The van der Waals surface area contributed by atoms with Crippen LogP contribution in [0.1, 0.15) is 47.0 Å². The maximum absolute atomic E-state index is 12.3. The van der Waals surface area contributed by atoms with Crippen molar-refractivity contribution >= 4 is 10.0 Å². The van der Waals surface area contributed by atoms with E-state index in [1.807, 2.05) is 0 Å². The van der Waals surface area contributed by atoms with Crippen molar-refractivity contribution in [3.8, 4) is 0 Å². The minimum absolute atomic E-state index is 0.216. The van der Waals surface area contributed by atoms with Gasteiger partial charge in [-0.15, -0.1) is 0 Å². The van der Waals surface area contributed by atoms with E-state index in [1.54, 1.807) is 4.31 Å². The Labute approximate surface area is 112 Å². The van der Waals surface area contributed by atoms with Gasteiger partial charge in [-0.25, -0.2) is 8.42 Å². The molecule has 0 aromatic heterocycles. The molecule has 1 fully saturated rings. The molecule has 0 bridgehead atoms. The van der Waals surface area contributed by atoms with E-state index in [0.29, 0.717) is 24.9 Å². The fourth-order valence-corrected chi connectivity index (χ4v) is 4.45. The molecule has 0 amide bonds. The predicted molar refractivity (Wildman–Crippen MR) is 76.1 cm³/mol. The molecule has 0 aromatic carbocycles. The molecule has 1 heterocycles. The average molecular weight is 276 g/mol. The normalized spacial score (nSPS) is 22.2. The van der Waals surface area contributed by atoms with E-state index in [2.05, 4.69) is 33.0 Å². The Morgan fingerprint density at radius 2 is 1.94 bits per heavy atom. The first-order valence-corrected chi connectivity index (χ1v) is 8.68. The quantitative estimate of drug-likeness (QED) is 0.722. The number of rotatable bonds is 7. The lowest BCUT2D eigenvalue weighted by Crippen LogP contribution is -2.40. The van der Waals surface area contributed by atoms with E-state index < -0.39 is 10.0 Å². The highest BCUT2D eigenvalue weighted by molar-refractivity contribution is 7.89. The van der Waals surface area contributed by atoms with Crippen molar-refractivity contribution in [1.29, 1.82) is 0 Å². The Kier molecular flexibility index (Phi) is 6.08. The van der Waals surface area contributed by atoms with E-state index >= 15 is 0 Å². The molecule has 108 valence electrons. The molecule has 0 radical (unpaired) electrons. The van der Waals surface area contributed by atoms with Gasteiger partial charge in [0, 0.05) is 18.6 Å². The number of hydrogen-bond acceptors (Lipinski definition) is 3. The SMILES string of the molecule is CC(C)NCCCS(=O)(=O)N1CCCC1C(C)C. The molecule has 1 atom stereocenters. The highest BCUT2D eigenvalue weighted by Gasteiger charge is 2.35. The minimum Gasteiger partial charge on any atom is -0.314 e. The van der Waals surface area contributed by atoms with Crippen molar-refractivity contribution in [3.63, 3.8) is 0 Å². The van der Waals surface area contributed by atoms with Crippen LogP contribution in [0.4, 0.5) is 0 Å². The van der Waals surface area contributed by atoms with Crippen molar-refractivity contribution in [2.24, 2.45) is 5.92 Å². The molecule has 0 aromatic rings. The topological polar surface area (TPSA) is 49.4 Å². The van der Waals surface area contributed by atoms with Crippen LogP contribution in [-0.2, 0) is 10.0 Å².